The lowest BCUT2D eigenvalue weighted by molar-refractivity contribution is 0.590. The Balaban J connectivity index is 2.67. The van der Waals surface area contributed by atoms with Gasteiger partial charge in [-0.15, -0.1) is 0 Å². The fourth-order valence-corrected chi connectivity index (χ4v) is 1.44. The van der Waals surface area contributed by atoms with Gasteiger partial charge in [0, 0.05) is 10.5 Å². The number of benzene rings is 1. The van der Waals surface area contributed by atoms with E-state index >= 15 is 0 Å². The van der Waals surface area contributed by atoms with Crippen LogP contribution in [0.1, 0.15) is 18.9 Å². The second kappa shape index (κ2) is 4.72. The van der Waals surface area contributed by atoms with E-state index in [4.69, 9.17) is 5.73 Å². The molecule has 0 saturated carbocycles. The summed E-state index contributed by atoms with van der Waals surface area (Å²) < 4.78 is 14.0. The monoisotopic (exact) mass is 245 g/mol. The van der Waals surface area contributed by atoms with E-state index in [0.29, 0.717) is 6.42 Å². The lowest BCUT2D eigenvalue weighted by Gasteiger charge is -2.05. The van der Waals surface area contributed by atoms with Crippen molar-refractivity contribution in [3.63, 3.8) is 0 Å². The average Bonchev–Trinajstić information content (AvgIpc) is 2.02. The average molecular weight is 246 g/mol. The molecule has 0 unspecified atom stereocenters. The molecule has 3 heteroatoms. The zero-order chi connectivity index (χ0) is 9.84. The summed E-state index contributed by atoms with van der Waals surface area (Å²) in [5, 5.41) is 0. The maximum absolute atomic E-state index is 13.2. The molecule has 1 atom stereocenters. The minimum absolute atomic E-state index is 0.128. The normalized spacial score (nSPS) is 12.9. The smallest absolute Gasteiger partial charge is 0.127 e. The third-order valence-corrected chi connectivity index (χ3v) is 2.38. The zero-order valence-corrected chi connectivity index (χ0v) is 9.14. The Bertz CT molecular complexity index is 286. The molecule has 1 nitrogen and oxygen atoms in total. The van der Waals surface area contributed by atoms with Crippen LogP contribution < -0.4 is 5.73 Å². The summed E-state index contributed by atoms with van der Waals surface area (Å²) in [6, 6.07) is 5.25. The lowest BCUT2D eigenvalue weighted by atomic mass is 10.1. The molecule has 0 radical (unpaired) electrons. The van der Waals surface area contributed by atoms with Gasteiger partial charge < -0.3 is 5.73 Å². The van der Waals surface area contributed by atoms with Crippen molar-refractivity contribution in [3.8, 4) is 0 Å². The van der Waals surface area contributed by atoms with E-state index < -0.39 is 0 Å². The van der Waals surface area contributed by atoms with Gasteiger partial charge in [-0.1, -0.05) is 22.0 Å². The van der Waals surface area contributed by atoms with Crippen LogP contribution >= 0.6 is 15.9 Å². The topological polar surface area (TPSA) is 26.0 Å². The molecule has 0 aliphatic heterocycles. The molecule has 72 valence electrons. The summed E-state index contributed by atoms with van der Waals surface area (Å²) in [5.74, 6) is -0.157. The molecule has 1 aromatic rings. The van der Waals surface area contributed by atoms with Gasteiger partial charge in [-0.05, 0) is 37.5 Å². The molecule has 0 saturated heterocycles. The molecule has 0 bridgehead atoms. The van der Waals surface area contributed by atoms with Crippen LogP contribution in [-0.2, 0) is 6.42 Å². The molecule has 0 spiro atoms. The van der Waals surface area contributed by atoms with Crippen LogP contribution in [0, 0.1) is 5.82 Å². The van der Waals surface area contributed by atoms with Crippen molar-refractivity contribution < 1.29 is 4.39 Å². The summed E-state index contributed by atoms with van der Waals surface area (Å²) in [7, 11) is 0. The van der Waals surface area contributed by atoms with E-state index in [1.54, 1.807) is 6.07 Å². The van der Waals surface area contributed by atoms with Crippen molar-refractivity contribution in [2.24, 2.45) is 5.73 Å². The van der Waals surface area contributed by atoms with Crippen LogP contribution in [0.25, 0.3) is 0 Å². The number of hydrogen-bond acceptors (Lipinski definition) is 1. The molecule has 0 aliphatic rings. The summed E-state index contributed by atoms with van der Waals surface area (Å²) in [6.45, 7) is 1.93. The summed E-state index contributed by atoms with van der Waals surface area (Å²) in [4.78, 5) is 0. The van der Waals surface area contributed by atoms with E-state index in [1.807, 2.05) is 13.0 Å². The lowest BCUT2D eigenvalue weighted by Crippen LogP contribution is -2.15. The Morgan fingerprint density at radius 2 is 2.23 bits per heavy atom. The molecular weight excluding hydrogens is 233 g/mol. The van der Waals surface area contributed by atoms with Crippen molar-refractivity contribution in [2.75, 3.05) is 0 Å². The maximum atomic E-state index is 13.2. The summed E-state index contributed by atoms with van der Waals surface area (Å²) >= 11 is 3.21. The quantitative estimate of drug-likeness (QED) is 0.871. The Kier molecular flexibility index (Phi) is 3.88. The Labute approximate surface area is 86.3 Å². The minimum atomic E-state index is -0.157. The van der Waals surface area contributed by atoms with Gasteiger partial charge in [-0.2, -0.15) is 0 Å². The van der Waals surface area contributed by atoms with Gasteiger partial charge in [0.2, 0.25) is 0 Å². The summed E-state index contributed by atoms with van der Waals surface area (Å²) in [6.07, 6.45) is 1.52. The first-order valence-corrected chi connectivity index (χ1v) is 5.08. The van der Waals surface area contributed by atoms with Gasteiger partial charge in [-0.3, -0.25) is 0 Å². The molecule has 0 heterocycles. The molecule has 13 heavy (non-hydrogen) atoms. The Hall–Kier alpha value is -0.410. The van der Waals surface area contributed by atoms with Gasteiger partial charge in [0.05, 0.1) is 0 Å². The van der Waals surface area contributed by atoms with E-state index in [2.05, 4.69) is 15.9 Å². The largest absolute Gasteiger partial charge is 0.328 e. The van der Waals surface area contributed by atoms with Crippen LogP contribution in [-0.4, -0.2) is 6.04 Å². The van der Waals surface area contributed by atoms with E-state index in [-0.39, 0.29) is 11.9 Å². The molecule has 1 aromatic carbocycles. The predicted octanol–water partition coefficient (Wildman–Crippen LogP) is 2.87. The summed E-state index contributed by atoms with van der Waals surface area (Å²) in [5.41, 5.74) is 6.33. The van der Waals surface area contributed by atoms with Crippen molar-refractivity contribution in [3.05, 3.63) is 34.1 Å². The Morgan fingerprint density at radius 1 is 1.54 bits per heavy atom. The Morgan fingerprint density at radius 3 is 2.77 bits per heavy atom. The third kappa shape index (κ3) is 3.44. The highest BCUT2D eigenvalue weighted by Gasteiger charge is 2.03. The fraction of sp³-hybridized carbons (Fsp3) is 0.400. The molecule has 0 amide bonds. The van der Waals surface area contributed by atoms with Gasteiger partial charge in [0.15, 0.2) is 0 Å². The number of hydrogen-bond donors (Lipinski definition) is 1. The maximum Gasteiger partial charge on any atom is 0.127 e. The fourth-order valence-electron chi connectivity index (χ4n) is 1.11. The highest BCUT2D eigenvalue weighted by molar-refractivity contribution is 9.10. The first-order valence-electron chi connectivity index (χ1n) is 4.29. The van der Waals surface area contributed by atoms with Crippen molar-refractivity contribution >= 4 is 15.9 Å². The highest BCUT2D eigenvalue weighted by Crippen LogP contribution is 2.16. The zero-order valence-electron chi connectivity index (χ0n) is 7.56. The van der Waals surface area contributed by atoms with Crippen LogP contribution in [0.2, 0.25) is 0 Å². The number of halogens is 2. The van der Waals surface area contributed by atoms with Gasteiger partial charge in [-0.25, -0.2) is 4.39 Å². The number of aryl methyl sites for hydroxylation is 1. The third-order valence-electron chi connectivity index (χ3n) is 1.88. The molecule has 2 N–H and O–H groups in total. The number of rotatable bonds is 3. The van der Waals surface area contributed by atoms with E-state index in [0.717, 1.165) is 16.5 Å². The second-order valence-electron chi connectivity index (χ2n) is 3.25. The minimum Gasteiger partial charge on any atom is -0.328 e. The van der Waals surface area contributed by atoms with Crippen LogP contribution in [0.15, 0.2) is 22.7 Å². The highest BCUT2D eigenvalue weighted by atomic mass is 79.9. The van der Waals surface area contributed by atoms with E-state index in [1.165, 1.54) is 6.07 Å². The predicted molar refractivity (Wildman–Crippen MR) is 56.1 cm³/mol. The molecule has 0 aliphatic carbocycles. The van der Waals surface area contributed by atoms with Gasteiger partial charge in [0.25, 0.3) is 0 Å². The van der Waals surface area contributed by atoms with Crippen molar-refractivity contribution in [1.29, 1.82) is 0 Å². The van der Waals surface area contributed by atoms with Crippen molar-refractivity contribution in [2.45, 2.75) is 25.8 Å². The SMILES string of the molecule is C[C@H](N)CCc1ccc(Br)cc1F. The first kappa shape index (κ1) is 10.7. The van der Waals surface area contributed by atoms with Crippen LogP contribution in [0.4, 0.5) is 4.39 Å². The molecule has 0 aromatic heterocycles. The van der Waals surface area contributed by atoms with Gasteiger partial charge in [0.1, 0.15) is 5.82 Å². The second-order valence-corrected chi connectivity index (χ2v) is 4.17. The molecule has 0 fully saturated rings. The standard InChI is InChI=1S/C10H13BrFN/c1-7(13)2-3-8-4-5-9(11)6-10(8)12/h4-7H,2-3,13H2,1H3/t7-/m0/s1. The van der Waals surface area contributed by atoms with E-state index in [9.17, 15) is 4.39 Å². The van der Waals surface area contributed by atoms with Crippen molar-refractivity contribution in [1.82, 2.24) is 0 Å². The first-order chi connectivity index (χ1) is 6.09. The van der Waals surface area contributed by atoms with Gasteiger partial charge >= 0.3 is 0 Å². The molecular formula is C10H13BrFN. The molecule has 1 rings (SSSR count). The van der Waals surface area contributed by atoms with Crippen LogP contribution in [0.3, 0.4) is 0 Å². The van der Waals surface area contributed by atoms with Crippen LogP contribution in [0.5, 0.6) is 0 Å². The number of nitrogens with two attached hydrogens (primary N) is 1.